The number of rotatable bonds is 2. The number of hydrogen-bond donors (Lipinski definition) is 0. The summed E-state index contributed by atoms with van der Waals surface area (Å²) in [5.41, 5.74) is -0.499. The molecule has 0 aromatic rings. The monoisotopic (exact) mass is 225 g/mol. The summed E-state index contributed by atoms with van der Waals surface area (Å²) < 4.78 is 4.89. The molecule has 0 saturated heterocycles. The molecule has 0 aromatic carbocycles. The molecule has 0 spiro atoms. The zero-order valence-corrected chi connectivity index (χ0v) is 11.2. The number of carbonyl (C=O) groups excluding carboxylic acids is 1. The van der Waals surface area contributed by atoms with Gasteiger partial charge in [-0.15, -0.1) is 0 Å². The van der Waals surface area contributed by atoms with Crippen LogP contribution in [-0.4, -0.2) is 29.2 Å². The fourth-order valence-corrected chi connectivity index (χ4v) is 2.71. The summed E-state index contributed by atoms with van der Waals surface area (Å²) in [6.07, 6.45) is 4.91. The quantitative estimate of drug-likeness (QED) is 0.675. The fraction of sp³-hybridized carbons (Fsp3) is 0.769. The molecule has 1 amide bonds. The first-order chi connectivity index (χ1) is 7.23. The van der Waals surface area contributed by atoms with Crippen molar-refractivity contribution in [3.05, 3.63) is 12.2 Å². The molecule has 1 aliphatic rings. The molecule has 16 heavy (non-hydrogen) atoms. The summed E-state index contributed by atoms with van der Waals surface area (Å²) in [5.74, 6) is 0.538. The van der Waals surface area contributed by atoms with E-state index in [2.05, 4.69) is 32.9 Å². The molecule has 1 heterocycles. The van der Waals surface area contributed by atoms with Gasteiger partial charge in [0.2, 0.25) is 0 Å². The van der Waals surface area contributed by atoms with E-state index in [-0.39, 0.29) is 17.2 Å². The zero-order valence-electron chi connectivity index (χ0n) is 11.2. The fourth-order valence-electron chi connectivity index (χ4n) is 2.71. The van der Waals surface area contributed by atoms with Crippen LogP contribution in [0.2, 0.25) is 0 Å². The van der Waals surface area contributed by atoms with Crippen LogP contribution in [0.25, 0.3) is 0 Å². The Hall–Kier alpha value is -0.990. The second-order valence-corrected chi connectivity index (χ2v) is 5.75. The standard InChI is InChI=1S/C13H23NO2/c1-10(2)9-13(5)8-7-12(3,4)14(13)11(15)16-6/h7-8,10H,9H2,1-6H3/t13-/m0/s1. The van der Waals surface area contributed by atoms with Gasteiger partial charge in [0, 0.05) is 0 Å². The predicted molar refractivity (Wildman–Crippen MR) is 65.3 cm³/mol. The normalized spacial score (nSPS) is 27.6. The molecule has 3 heteroatoms. The molecule has 0 aromatic heterocycles. The van der Waals surface area contributed by atoms with Crippen LogP contribution < -0.4 is 0 Å². The van der Waals surface area contributed by atoms with E-state index >= 15 is 0 Å². The van der Waals surface area contributed by atoms with Crippen molar-refractivity contribution in [3.8, 4) is 0 Å². The van der Waals surface area contributed by atoms with Gasteiger partial charge in [-0.05, 0) is 33.1 Å². The van der Waals surface area contributed by atoms with Gasteiger partial charge in [0.1, 0.15) is 0 Å². The lowest BCUT2D eigenvalue weighted by Crippen LogP contribution is -2.54. The first-order valence-electron chi connectivity index (χ1n) is 5.81. The molecule has 1 aliphatic heterocycles. The second kappa shape index (κ2) is 4.11. The van der Waals surface area contributed by atoms with E-state index in [0.717, 1.165) is 6.42 Å². The van der Waals surface area contributed by atoms with E-state index < -0.39 is 0 Å². The molecule has 0 bridgehead atoms. The van der Waals surface area contributed by atoms with Gasteiger partial charge in [0.25, 0.3) is 0 Å². The van der Waals surface area contributed by atoms with E-state index in [9.17, 15) is 4.79 Å². The highest BCUT2D eigenvalue weighted by atomic mass is 16.5. The molecule has 0 unspecified atom stereocenters. The molecule has 3 nitrogen and oxygen atoms in total. The molecular formula is C13H23NO2. The molecule has 0 N–H and O–H groups in total. The molecule has 0 saturated carbocycles. The molecular weight excluding hydrogens is 202 g/mol. The van der Waals surface area contributed by atoms with Crippen molar-refractivity contribution in [2.75, 3.05) is 7.11 Å². The van der Waals surface area contributed by atoms with Crippen molar-refractivity contribution in [3.63, 3.8) is 0 Å². The van der Waals surface area contributed by atoms with E-state index in [1.807, 2.05) is 18.7 Å². The average Bonchev–Trinajstić information content (AvgIpc) is 2.35. The molecule has 0 radical (unpaired) electrons. The predicted octanol–water partition coefficient (Wildman–Crippen LogP) is 3.21. The Kier molecular flexibility index (Phi) is 3.36. The van der Waals surface area contributed by atoms with Gasteiger partial charge in [-0.3, -0.25) is 4.90 Å². The Labute approximate surface area is 98.5 Å². The van der Waals surface area contributed by atoms with Crippen molar-refractivity contribution in [1.82, 2.24) is 4.90 Å². The SMILES string of the molecule is COC(=O)N1C(C)(C)C=C[C@@]1(C)CC(C)C. The van der Waals surface area contributed by atoms with Gasteiger partial charge in [0.05, 0.1) is 18.2 Å². The molecule has 0 fully saturated rings. The largest absolute Gasteiger partial charge is 0.453 e. The van der Waals surface area contributed by atoms with Crippen molar-refractivity contribution >= 4 is 6.09 Å². The van der Waals surface area contributed by atoms with Crippen LogP contribution in [0.1, 0.15) is 41.0 Å². The summed E-state index contributed by atoms with van der Waals surface area (Å²) in [6, 6.07) is 0. The van der Waals surface area contributed by atoms with Crippen LogP contribution in [0.3, 0.4) is 0 Å². The smallest absolute Gasteiger partial charge is 0.410 e. The van der Waals surface area contributed by atoms with E-state index in [1.165, 1.54) is 7.11 Å². The minimum absolute atomic E-state index is 0.231. The Morgan fingerprint density at radius 2 is 1.88 bits per heavy atom. The minimum atomic E-state index is -0.267. The first-order valence-corrected chi connectivity index (χ1v) is 5.81. The lowest BCUT2D eigenvalue weighted by Gasteiger charge is -2.42. The van der Waals surface area contributed by atoms with E-state index in [1.54, 1.807) is 0 Å². The second-order valence-electron chi connectivity index (χ2n) is 5.75. The van der Waals surface area contributed by atoms with Crippen LogP contribution in [0.5, 0.6) is 0 Å². The third-order valence-corrected chi connectivity index (χ3v) is 3.12. The van der Waals surface area contributed by atoms with Crippen molar-refractivity contribution in [2.24, 2.45) is 5.92 Å². The van der Waals surface area contributed by atoms with Crippen molar-refractivity contribution in [2.45, 2.75) is 52.1 Å². The van der Waals surface area contributed by atoms with Crippen LogP contribution in [-0.2, 0) is 4.74 Å². The highest BCUT2D eigenvalue weighted by molar-refractivity contribution is 5.71. The molecule has 1 atom stereocenters. The summed E-state index contributed by atoms with van der Waals surface area (Å²) in [5, 5.41) is 0. The lowest BCUT2D eigenvalue weighted by atomic mass is 9.90. The Morgan fingerprint density at radius 3 is 2.31 bits per heavy atom. The Morgan fingerprint density at radius 1 is 1.31 bits per heavy atom. The summed E-state index contributed by atoms with van der Waals surface area (Å²) >= 11 is 0. The third kappa shape index (κ3) is 2.23. The number of hydrogen-bond acceptors (Lipinski definition) is 2. The van der Waals surface area contributed by atoms with Gasteiger partial charge in [-0.25, -0.2) is 4.79 Å². The van der Waals surface area contributed by atoms with Crippen LogP contribution >= 0.6 is 0 Å². The summed E-state index contributed by atoms with van der Waals surface area (Å²) in [7, 11) is 1.44. The molecule has 1 rings (SSSR count). The summed E-state index contributed by atoms with van der Waals surface area (Å²) in [6.45, 7) is 10.5. The highest BCUT2D eigenvalue weighted by Crippen LogP contribution is 2.39. The van der Waals surface area contributed by atoms with Gasteiger partial charge >= 0.3 is 6.09 Å². The van der Waals surface area contributed by atoms with E-state index in [0.29, 0.717) is 5.92 Å². The van der Waals surface area contributed by atoms with Crippen LogP contribution in [0.15, 0.2) is 12.2 Å². The maximum atomic E-state index is 11.9. The topological polar surface area (TPSA) is 29.5 Å². The minimum Gasteiger partial charge on any atom is -0.453 e. The van der Waals surface area contributed by atoms with Gasteiger partial charge in [0.15, 0.2) is 0 Å². The van der Waals surface area contributed by atoms with Gasteiger partial charge in [-0.1, -0.05) is 26.0 Å². The van der Waals surface area contributed by atoms with Crippen molar-refractivity contribution < 1.29 is 9.53 Å². The number of carbonyl (C=O) groups is 1. The van der Waals surface area contributed by atoms with Crippen molar-refractivity contribution in [1.29, 1.82) is 0 Å². The molecule has 0 aliphatic carbocycles. The number of nitrogens with zero attached hydrogens (tertiary/aromatic N) is 1. The lowest BCUT2D eigenvalue weighted by molar-refractivity contribution is 0.0505. The maximum absolute atomic E-state index is 11.9. The highest BCUT2D eigenvalue weighted by Gasteiger charge is 2.46. The number of ether oxygens (including phenoxy) is 1. The van der Waals surface area contributed by atoms with Crippen LogP contribution in [0.4, 0.5) is 4.79 Å². The number of methoxy groups -OCH3 is 1. The summed E-state index contributed by atoms with van der Waals surface area (Å²) in [4.78, 5) is 13.7. The first kappa shape index (κ1) is 13.1. The third-order valence-electron chi connectivity index (χ3n) is 3.12. The maximum Gasteiger partial charge on any atom is 0.410 e. The average molecular weight is 225 g/mol. The Balaban J connectivity index is 3.02. The van der Waals surface area contributed by atoms with E-state index in [4.69, 9.17) is 4.74 Å². The van der Waals surface area contributed by atoms with Gasteiger partial charge in [-0.2, -0.15) is 0 Å². The zero-order chi connectivity index (χ0) is 12.6. The number of amides is 1. The molecule has 92 valence electrons. The Bertz CT molecular complexity index is 307. The van der Waals surface area contributed by atoms with Gasteiger partial charge < -0.3 is 4.74 Å². The van der Waals surface area contributed by atoms with Crippen LogP contribution in [0, 0.1) is 5.92 Å².